The molecule has 1 aromatic carbocycles. The monoisotopic (exact) mass is 254 g/mol. The fraction of sp³-hybridized carbons (Fsp3) is 0.182. The third kappa shape index (κ3) is 2.51. The van der Waals surface area contributed by atoms with Crippen molar-refractivity contribution < 1.29 is 4.74 Å². The molecule has 0 aliphatic heterocycles. The maximum Gasteiger partial charge on any atom is 0.234 e. The van der Waals surface area contributed by atoms with E-state index in [1.54, 1.807) is 12.3 Å². The summed E-state index contributed by atoms with van der Waals surface area (Å²) in [6.45, 7) is 2.41. The third-order valence-electron chi connectivity index (χ3n) is 2.27. The summed E-state index contributed by atoms with van der Waals surface area (Å²) in [4.78, 5) is 0. The van der Waals surface area contributed by atoms with E-state index in [2.05, 4.69) is 17.9 Å². The molecule has 0 aliphatic rings. The van der Waals surface area contributed by atoms with Gasteiger partial charge < -0.3 is 4.74 Å². The van der Waals surface area contributed by atoms with Crippen LogP contribution < -0.4 is 4.74 Å². The summed E-state index contributed by atoms with van der Waals surface area (Å²) in [6, 6.07) is 7.52. The number of thiol groups is 1. The first kappa shape index (κ1) is 11.4. The van der Waals surface area contributed by atoms with E-state index in [-0.39, 0.29) is 0 Å². The normalized spacial score (nSPS) is 10.4. The van der Waals surface area contributed by atoms with Gasteiger partial charge in [-0.05, 0) is 31.4 Å². The number of hydrogen-bond acceptors (Lipinski definition) is 3. The third-order valence-corrected chi connectivity index (χ3v) is 2.85. The van der Waals surface area contributed by atoms with E-state index < -0.39 is 0 Å². The van der Waals surface area contributed by atoms with Crippen molar-refractivity contribution in [3.05, 3.63) is 46.6 Å². The zero-order chi connectivity index (χ0) is 11.5. The van der Waals surface area contributed by atoms with E-state index in [0.717, 1.165) is 11.1 Å². The smallest absolute Gasteiger partial charge is 0.234 e. The Morgan fingerprint density at radius 3 is 2.88 bits per heavy atom. The van der Waals surface area contributed by atoms with Crippen molar-refractivity contribution in [2.45, 2.75) is 13.5 Å². The van der Waals surface area contributed by atoms with Crippen LogP contribution in [0.5, 0.6) is 5.88 Å². The van der Waals surface area contributed by atoms with E-state index in [1.807, 2.05) is 25.1 Å². The van der Waals surface area contributed by atoms with Gasteiger partial charge in [-0.3, -0.25) is 0 Å². The summed E-state index contributed by atoms with van der Waals surface area (Å²) in [5, 5.41) is 4.71. The lowest BCUT2D eigenvalue weighted by Crippen LogP contribution is -1.99. The first-order chi connectivity index (χ1) is 7.66. The summed E-state index contributed by atoms with van der Waals surface area (Å²) in [7, 11) is 0. The average molecular weight is 255 g/mol. The van der Waals surface area contributed by atoms with Gasteiger partial charge in [0, 0.05) is 22.8 Å². The van der Waals surface area contributed by atoms with Crippen LogP contribution in [-0.2, 0) is 6.61 Å². The molecular formula is C11H11ClN2OS. The lowest BCUT2D eigenvalue weighted by molar-refractivity contribution is 0.292. The standard InChI is InChI=1S/C11H11ClN2OS/c1-8-3-2-4-10(12)9(8)7-15-11-5-6-14(16)13-11/h2-6,16H,7H2,1H3. The summed E-state index contributed by atoms with van der Waals surface area (Å²) >= 11 is 10.1. The summed E-state index contributed by atoms with van der Waals surface area (Å²) in [6.07, 6.45) is 1.71. The van der Waals surface area contributed by atoms with Gasteiger partial charge in [-0.25, -0.2) is 4.09 Å². The Bertz CT molecular complexity index is 478. The highest BCUT2D eigenvalue weighted by Gasteiger charge is 2.05. The highest BCUT2D eigenvalue weighted by molar-refractivity contribution is 7.78. The van der Waals surface area contributed by atoms with E-state index in [1.165, 1.54) is 4.09 Å². The Labute approximate surface area is 105 Å². The molecule has 2 rings (SSSR count). The molecule has 0 atom stereocenters. The van der Waals surface area contributed by atoms with Crippen LogP contribution in [0.4, 0.5) is 0 Å². The summed E-state index contributed by atoms with van der Waals surface area (Å²) < 4.78 is 6.91. The molecule has 3 nitrogen and oxygen atoms in total. The number of benzene rings is 1. The van der Waals surface area contributed by atoms with Crippen LogP contribution in [0, 0.1) is 6.92 Å². The van der Waals surface area contributed by atoms with Gasteiger partial charge in [0.1, 0.15) is 6.61 Å². The van der Waals surface area contributed by atoms with Gasteiger partial charge in [-0.1, -0.05) is 23.7 Å². The van der Waals surface area contributed by atoms with Gasteiger partial charge in [-0.15, -0.1) is 5.10 Å². The molecule has 0 spiro atoms. The van der Waals surface area contributed by atoms with Crippen molar-refractivity contribution in [3.8, 4) is 5.88 Å². The minimum Gasteiger partial charge on any atom is -0.472 e. The predicted octanol–water partition coefficient (Wildman–Crippen LogP) is 3.12. The van der Waals surface area contributed by atoms with Gasteiger partial charge in [0.15, 0.2) is 0 Å². The van der Waals surface area contributed by atoms with Crippen LogP contribution in [0.15, 0.2) is 30.5 Å². The largest absolute Gasteiger partial charge is 0.472 e. The second-order valence-electron chi connectivity index (χ2n) is 3.40. The molecule has 16 heavy (non-hydrogen) atoms. The van der Waals surface area contributed by atoms with Crippen molar-refractivity contribution in [2.24, 2.45) is 0 Å². The SMILES string of the molecule is Cc1cccc(Cl)c1COc1ccn(S)n1. The molecule has 0 unspecified atom stereocenters. The first-order valence-electron chi connectivity index (χ1n) is 4.78. The zero-order valence-corrected chi connectivity index (χ0v) is 10.4. The molecule has 0 radical (unpaired) electrons. The molecule has 0 amide bonds. The molecule has 5 heteroatoms. The topological polar surface area (TPSA) is 27.1 Å². The molecule has 0 saturated heterocycles. The lowest BCUT2D eigenvalue weighted by Gasteiger charge is -2.08. The van der Waals surface area contributed by atoms with Gasteiger partial charge in [0.25, 0.3) is 0 Å². The van der Waals surface area contributed by atoms with Gasteiger partial charge in [0.05, 0.1) is 0 Å². The number of halogens is 1. The summed E-state index contributed by atoms with van der Waals surface area (Å²) in [5.41, 5.74) is 2.09. The fourth-order valence-electron chi connectivity index (χ4n) is 1.37. The quantitative estimate of drug-likeness (QED) is 0.852. The average Bonchev–Trinajstić information content (AvgIpc) is 2.63. The van der Waals surface area contributed by atoms with E-state index in [9.17, 15) is 0 Å². The molecule has 0 saturated carbocycles. The van der Waals surface area contributed by atoms with Crippen molar-refractivity contribution in [2.75, 3.05) is 0 Å². The Morgan fingerprint density at radius 2 is 2.25 bits per heavy atom. The van der Waals surface area contributed by atoms with Crippen molar-refractivity contribution in [1.82, 2.24) is 9.19 Å². The molecule has 2 aromatic rings. The van der Waals surface area contributed by atoms with Crippen LogP contribution in [-0.4, -0.2) is 9.19 Å². The van der Waals surface area contributed by atoms with Gasteiger partial charge in [0.2, 0.25) is 5.88 Å². The maximum absolute atomic E-state index is 6.08. The van der Waals surface area contributed by atoms with E-state index in [4.69, 9.17) is 16.3 Å². The van der Waals surface area contributed by atoms with E-state index >= 15 is 0 Å². The molecule has 1 aromatic heterocycles. The summed E-state index contributed by atoms with van der Waals surface area (Å²) in [5.74, 6) is 0.536. The number of aryl methyl sites for hydroxylation is 1. The minimum absolute atomic E-state index is 0.413. The van der Waals surface area contributed by atoms with Crippen molar-refractivity contribution in [1.29, 1.82) is 0 Å². The number of aromatic nitrogens is 2. The predicted molar refractivity (Wildman–Crippen MR) is 67.1 cm³/mol. The van der Waals surface area contributed by atoms with Crippen molar-refractivity contribution in [3.63, 3.8) is 0 Å². The van der Waals surface area contributed by atoms with Crippen molar-refractivity contribution >= 4 is 24.4 Å². The van der Waals surface area contributed by atoms with E-state index in [0.29, 0.717) is 17.5 Å². The minimum atomic E-state index is 0.413. The maximum atomic E-state index is 6.08. The van der Waals surface area contributed by atoms with Gasteiger partial charge in [-0.2, -0.15) is 0 Å². The highest BCUT2D eigenvalue weighted by atomic mass is 35.5. The van der Waals surface area contributed by atoms with Crippen LogP contribution in [0.2, 0.25) is 5.02 Å². The Hall–Kier alpha value is -1.13. The first-order valence-corrected chi connectivity index (χ1v) is 5.56. The van der Waals surface area contributed by atoms with Crippen LogP contribution in [0.25, 0.3) is 0 Å². The highest BCUT2D eigenvalue weighted by Crippen LogP contribution is 2.21. The molecule has 0 N–H and O–H groups in total. The molecule has 0 bridgehead atoms. The Balaban J connectivity index is 2.10. The number of hydrogen-bond donors (Lipinski definition) is 1. The second-order valence-corrected chi connectivity index (χ2v) is 4.22. The Kier molecular flexibility index (Phi) is 3.41. The number of ether oxygens (including phenoxy) is 1. The molecule has 84 valence electrons. The fourth-order valence-corrected chi connectivity index (χ4v) is 1.80. The Morgan fingerprint density at radius 1 is 1.44 bits per heavy atom. The second kappa shape index (κ2) is 4.80. The lowest BCUT2D eigenvalue weighted by atomic mass is 10.1. The molecule has 0 aliphatic carbocycles. The molecule has 0 fully saturated rings. The zero-order valence-electron chi connectivity index (χ0n) is 8.72. The molecular weight excluding hydrogens is 244 g/mol. The number of nitrogens with zero attached hydrogens (tertiary/aromatic N) is 2. The molecule has 1 heterocycles. The van der Waals surface area contributed by atoms with Crippen LogP contribution in [0.3, 0.4) is 0 Å². The van der Waals surface area contributed by atoms with Gasteiger partial charge >= 0.3 is 0 Å². The van der Waals surface area contributed by atoms with Crippen LogP contribution >= 0.6 is 24.4 Å². The van der Waals surface area contributed by atoms with Crippen LogP contribution in [0.1, 0.15) is 11.1 Å². The number of rotatable bonds is 3.